The lowest BCUT2D eigenvalue weighted by molar-refractivity contribution is 0.198. The van der Waals surface area contributed by atoms with E-state index < -0.39 is 0 Å². The zero-order valence-electron chi connectivity index (χ0n) is 15.4. The van der Waals surface area contributed by atoms with Gasteiger partial charge in [-0.3, -0.25) is 4.90 Å². The van der Waals surface area contributed by atoms with Gasteiger partial charge in [-0.15, -0.1) is 0 Å². The summed E-state index contributed by atoms with van der Waals surface area (Å²) in [6.07, 6.45) is 3.77. The number of rotatable bonds is 4. The number of halogens is 2. The number of nitrogens with zero attached hydrogens (tertiary/aromatic N) is 4. The van der Waals surface area contributed by atoms with Gasteiger partial charge in [-0.25, -0.2) is 9.07 Å². The molecule has 2 heterocycles. The molecule has 0 unspecified atom stereocenters. The monoisotopic (exact) mass is 394 g/mol. The van der Waals surface area contributed by atoms with E-state index in [4.69, 9.17) is 22.0 Å². The van der Waals surface area contributed by atoms with E-state index in [0.29, 0.717) is 5.02 Å². The lowest BCUT2D eigenvalue weighted by atomic mass is 9.98. The molecule has 1 aromatic heterocycles. The maximum absolute atomic E-state index is 13.3. The first kappa shape index (κ1) is 18.7. The van der Waals surface area contributed by atoms with Gasteiger partial charge in [0.05, 0.1) is 22.5 Å². The van der Waals surface area contributed by atoms with Crippen molar-refractivity contribution in [2.75, 3.05) is 13.1 Å². The summed E-state index contributed by atoms with van der Waals surface area (Å²) in [5.41, 5.74) is 3.57. The maximum Gasteiger partial charge on any atom is 0.123 e. The Bertz CT molecular complexity index is 998. The number of hydrogen-bond donors (Lipinski definition) is 0. The fourth-order valence-electron chi connectivity index (χ4n) is 3.59. The van der Waals surface area contributed by atoms with Crippen molar-refractivity contribution < 1.29 is 4.39 Å². The van der Waals surface area contributed by atoms with Crippen LogP contribution in [0.2, 0.25) is 5.02 Å². The van der Waals surface area contributed by atoms with Crippen LogP contribution in [0.4, 0.5) is 4.39 Å². The van der Waals surface area contributed by atoms with E-state index >= 15 is 0 Å². The highest BCUT2D eigenvalue weighted by atomic mass is 35.5. The van der Waals surface area contributed by atoms with Crippen molar-refractivity contribution in [3.05, 3.63) is 71.1 Å². The molecule has 0 amide bonds. The SMILES string of the molecule is N#CC1CCN(Cc2cn(-c3ccc(F)cc3)nc2-c2ccccc2Cl)CC1. The van der Waals surface area contributed by atoms with E-state index in [9.17, 15) is 4.39 Å². The number of nitriles is 1. The molecule has 3 aromatic rings. The van der Waals surface area contributed by atoms with Gasteiger partial charge < -0.3 is 0 Å². The molecule has 0 radical (unpaired) electrons. The minimum atomic E-state index is -0.275. The van der Waals surface area contributed by atoms with Crippen LogP contribution >= 0.6 is 11.6 Å². The second-order valence-electron chi connectivity index (χ2n) is 7.08. The molecule has 2 aromatic carbocycles. The van der Waals surface area contributed by atoms with Gasteiger partial charge in [0.25, 0.3) is 0 Å². The van der Waals surface area contributed by atoms with E-state index in [0.717, 1.165) is 55.0 Å². The highest BCUT2D eigenvalue weighted by Gasteiger charge is 2.22. The fraction of sp³-hybridized carbons (Fsp3) is 0.273. The maximum atomic E-state index is 13.3. The van der Waals surface area contributed by atoms with E-state index in [1.807, 2.05) is 30.5 Å². The molecule has 0 spiro atoms. The second kappa shape index (κ2) is 8.14. The largest absolute Gasteiger partial charge is 0.299 e. The average Bonchev–Trinajstić information content (AvgIpc) is 3.13. The molecule has 142 valence electrons. The molecule has 0 atom stereocenters. The van der Waals surface area contributed by atoms with Crippen molar-refractivity contribution in [1.29, 1.82) is 5.26 Å². The molecule has 0 saturated carbocycles. The van der Waals surface area contributed by atoms with E-state index in [1.54, 1.807) is 16.8 Å². The minimum Gasteiger partial charge on any atom is -0.299 e. The summed E-state index contributed by atoms with van der Waals surface area (Å²) in [7, 11) is 0. The summed E-state index contributed by atoms with van der Waals surface area (Å²) in [6.45, 7) is 2.52. The first-order valence-corrected chi connectivity index (χ1v) is 9.73. The zero-order chi connectivity index (χ0) is 19.5. The third kappa shape index (κ3) is 3.94. The Morgan fingerprint density at radius 1 is 1.11 bits per heavy atom. The van der Waals surface area contributed by atoms with Gasteiger partial charge >= 0.3 is 0 Å². The molecule has 0 N–H and O–H groups in total. The zero-order valence-corrected chi connectivity index (χ0v) is 16.1. The van der Waals surface area contributed by atoms with Crippen LogP contribution in [0.25, 0.3) is 16.9 Å². The molecular weight excluding hydrogens is 375 g/mol. The fourth-order valence-corrected chi connectivity index (χ4v) is 3.82. The summed E-state index contributed by atoms with van der Waals surface area (Å²) >= 11 is 6.44. The molecule has 1 fully saturated rings. The van der Waals surface area contributed by atoms with Gasteiger partial charge in [-0.2, -0.15) is 10.4 Å². The van der Waals surface area contributed by atoms with Gasteiger partial charge in [0.1, 0.15) is 5.82 Å². The Morgan fingerprint density at radius 3 is 2.50 bits per heavy atom. The molecular formula is C22H20ClFN4. The lowest BCUT2D eigenvalue weighted by Crippen LogP contribution is -2.32. The molecule has 1 aliphatic heterocycles. The van der Waals surface area contributed by atoms with Crippen molar-refractivity contribution in [2.24, 2.45) is 5.92 Å². The quantitative estimate of drug-likeness (QED) is 0.620. The van der Waals surface area contributed by atoms with Crippen LogP contribution in [0.1, 0.15) is 18.4 Å². The van der Waals surface area contributed by atoms with Crippen LogP contribution in [0, 0.1) is 23.1 Å². The van der Waals surface area contributed by atoms with Crippen molar-refractivity contribution in [2.45, 2.75) is 19.4 Å². The Hall–Kier alpha value is -2.68. The van der Waals surface area contributed by atoms with Gasteiger partial charge in [0.15, 0.2) is 0 Å². The summed E-state index contributed by atoms with van der Waals surface area (Å²) in [5.74, 6) is -0.121. The van der Waals surface area contributed by atoms with Crippen molar-refractivity contribution >= 4 is 11.6 Å². The Labute approximate surface area is 168 Å². The summed E-state index contributed by atoms with van der Waals surface area (Å²) in [6, 6.07) is 16.3. The first-order chi connectivity index (χ1) is 13.6. The predicted molar refractivity (Wildman–Crippen MR) is 108 cm³/mol. The van der Waals surface area contributed by atoms with Crippen molar-refractivity contribution in [3.63, 3.8) is 0 Å². The third-order valence-electron chi connectivity index (χ3n) is 5.17. The van der Waals surface area contributed by atoms with Crippen LogP contribution in [0.3, 0.4) is 0 Å². The van der Waals surface area contributed by atoms with Gasteiger partial charge in [-0.05, 0) is 56.3 Å². The van der Waals surface area contributed by atoms with Gasteiger partial charge in [0, 0.05) is 29.8 Å². The van der Waals surface area contributed by atoms with E-state index in [-0.39, 0.29) is 11.7 Å². The molecule has 0 bridgehead atoms. The lowest BCUT2D eigenvalue weighted by Gasteiger charge is -2.28. The van der Waals surface area contributed by atoms with Crippen LogP contribution in [0.15, 0.2) is 54.7 Å². The van der Waals surface area contributed by atoms with Crippen LogP contribution in [-0.2, 0) is 6.54 Å². The first-order valence-electron chi connectivity index (χ1n) is 9.35. The predicted octanol–water partition coefficient (Wildman–Crippen LogP) is 5.07. The normalized spacial score (nSPS) is 15.5. The average molecular weight is 395 g/mol. The highest BCUT2D eigenvalue weighted by Crippen LogP contribution is 2.31. The van der Waals surface area contributed by atoms with Crippen molar-refractivity contribution in [3.8, 4) is 23.0 Å². The molecule has 4 rings (SSSR count). The molecule has 28 heavy (non-hydrogen) atoms. The van der Waals surface area contributed by atoms with Crippen molar-refractivity contribution in [1.82, 2.24) is 14.7 Å². The van der Waals surface area contributed by atoms with E-state index in [2.05, 4.69) is 11.0 Å². The summed E-state index contributed by atoms with van der Waals surface area (Å²) < 4.78 is 15.1. The second-order valence-corrected chi connectivity index (χ2v) is 7.49. The highest BCUT2D eigenvalue weighted by molar-refractivity contribution is 6.33. The number of likely N-dealkylation sites (tertiary alicyclic amines) is 1. The topological polar surface area (TPSA) is 44.9 Å². The molecule has 1 aliphatic rings. The van der Waals surface area contributed by atoms with E-state index in [1.165, 1.54) is 12.1 Å². The van der Waals surface area contributed by atoms with Crippen LogP contribution in [0.5, 0.6) is 0 Å². The number of aromatic nitrogens is 2. The smallest absolute Gasteiger partial charge is 0.123 e. The Kier molecular flexibility index (Phi) is 5.43. The van der Waals surface area contributed by atoms with Gasteiger partial charge in [0.2, 0.25) is 0 Å². The van der Waals surface area contributed by atoms with Gasteiger partial charge in [-0.1, -0.05) is 29.8 Å². The molecule has 0 aliphatic carbocycles. The third-order valence-corrected chi connectivity index (χ3v) is 5.50. The molecule has 6 heteroatoms. The number of hydrogen-bond acceptors (Lipinski definition) is 3. The Morgan fingerprint density at radius 2 is 1.82 bits per heavy atom. The standard InChI is InChI=1S/C22H20ClFN4/c23-21-4-2-1-3-20(21)22-17(14-27-11-9-16(13-25)10-12-27)15-28(26-22)19-7-5-18(24)6-8-19/h1-8,15-16H,9-12,14H2. The number of benzene rings is 2. The Balaban J connectivity index is 1.68. The summed E-state index contributed by atoms with van der Waals surface area (Å²) in [4.78, 5) is 2.35. The molecule has 4 nitrogen and oxygen atoms in total. The molecule has 1 saturated heterocycles. The summed E-state index contributed by atoms with van der Waals surface area (Å²) in [5, 5.41) is 14.5. The number of piperidine rings is 1. The van der Waals surface area contributed by atoms with Crippen LogP contribution < -0.4 is 0 Å². The minimum absolute atomic E-state index is 0.154. The van der Waals surface area contributed by atoms with Crippen LogP contribution in [-0.4, -0.2) is 27.8 Å².